The second kappa shape index (κ2) is 15.8. The molecule has 4 N–H and O–H groups in total. The molecule has 0 radical (unpaired) electrons. The van der Waals surface area contributed by atoms with Crippen molar-refractivity contribution in [2.75, 3.05) is 37.2 Å². The highest BCUT2D eigenvalue weighted by atomic mass is 32.2. The summed E-state index contributed by atoms with van der Waals surface area (Å²) in [6.45, 7) is 6.98. The number of amides is 2. The van der Waals surface area contributed by atoms with Crippen molar-refractivity contribution >= 4 is 27.5 Å². The van der Waals surface area contributed by atoms with E-state index in [4.69, 9.17) is 5.73 Å². The number of halogens is 2. The van der Waals surface area contributed by atoms with Crippen LogP contribution in [0.5, 0.6) is 0 Å². The van der Waals surface area contributed by atoms with Crippen LogP contribution >= 0.6 is 0 Å². The van der Waals surface area contributed by atoms with Crippen LogP contribution in [-0.2, 0) is 32.6 Å². The third-order valence-corrected chi connectivity index (χ3v) is 9.54. The maximum absolute atomic E-state index is 14.3. The molecule has 0 aromatic heterocycles. The normalized spacial score (nSPS) is 17.9. The van der Waals surface area contributed by atoms with Crippen LogP contribution < -0.4 is 15.4 Å². The molecule has 1 unspecified atom stereocenters. The molecule has 0 saturated heterocycles. The molecule has 3 rings (SSSR count). The fourth-order valence-corrected chi connectivity index (χ4v) is 6.62. The van der Waals surface area contributed by atoms with Crippen molar-refractivity contribution in [3.63, 3.8) is 0 Å². The number of hydrogen-bond acceptors (Lipinski definition) is 6. The Morgan fingerprint density at radius 3 is 2.26 bits per heavy atom. The second-order valence-electron chi connectivity index (χ2n) is 12.1. The van der Waals surface area contributed by atoms with Crippen molar-refractivity contribution in [3.8, 4) is 0 Å². The summed E-state index contributed by atoms with van der Waals surface area (Å²) < 4.78 is 53.7. The molecule has 2 aromatic carbocycles. The summed E-state index contributed by atoms with van der Waals surface area (Å²) in [6.07, 6.45) is 4.56. The van der Waals surface area contributed by atoms with Crippen molar-refractivity contribution in [1.82, 2.24) is 10.2 Å². The van der Waals surface area contributed by atoms with Gasteiger partial charge in [-0.15, -0.1) is 0 Å². The Labute approximate surface area is 271 Å². The molecule has 2 amide bonds. The maximum Gasteiger partial charge on any atom is 0.249 e. The van der Waals surface area contributed by atoms with Gasteiger partial charge in [0.15, 0.2) is 0 Å². The Morgan fingerprint density at radius 1 is 1.07 bits per heavy atom. The van der Waals surface area contributed by atoms with Crippen LogP contribution in [0.25, 0.3) is 0 Å². The average molecular weight is 661 g/mol. The Morgan fingerprint density at radius 2 is 1.70 bits per heavy atom. The maximum atomic E-state index is 14.3. The fourth-order valence-electron chi connectivity index (χ4n) is 6.12. The summed E-state index contributed by atoms with van der Waals surface area (Å²) in [5, 5.41) is 14.9. The summed E-state index contributed by atoms with van der Waals surface area (Å²) in [5.74, 6) is -3.55. The lowest BCUT2D eigenvalue weighted by Crippen LogP contribution is -2.51. The smallest absolute Gasteiger partial charge is 0.249 e. The minimum Gasteiger partial charge on any atom is -0.391 e. The average Bonchev–Trinajstić information content (AvgIpc) is 2.97. The molecular formula is C34H46F2N4O5S. The zero-order valence-electron chi connectivity index (χ0n) is 27.2. The molecule has 0 aliphatic heterocycles. The van der Waals surface area contributed by atoms with E-state index in [0.29, 0.717) is 29.9 Å². The first kappa shape index (κ1) is 36.9. The van der Waals surface area contributed by atoms with Crippen LogP contribution in [0.4, 0.5) is 14.5 Å². The second-order valence-corrected chi connectivity index (χ2v) is 14.1. The van der Waals surface area contributed by atoms with Crippen molar-refractivity contribution in [2.45, 2.75) is 59.1 Å². The minimum absolute atomic E-state index is 0.0404. The Balaban J connectivity index is 1.96. The number of hydrogen-bond donors (Lipinski definition) is 3. The predicted octanol–water partition coefficient (Wildman–Crippen LogP) is 4.07. The first-order valence-electron chi connectivity index (χ1n) is 15.5. The number of nitrogens with one attached hydrogen (secondary N) is 1. The third kappa shape index (κ3) is 9.23. The molecule has 0 heterocycles. The molecule has 0 saturated carbocycles. The summed E-state index contributed by atoms with van der Waals surface area (Å²) >= 11 is 0. The zero-order chi connectivity index (χ0) is 34.2. The highest BCUT2D eigenvalue weighted by Crippen LogP contribution is 2.44. The van der Waals surface area contributed by atoms with E-state index in [1.807, 2.05) is 13.8 Å². The number of carbonyl (C=O) groups is 2. The number of allylic oxidation sites excluding steroid dienone is 2. The number of aliphatic hydroxyl groups excluding tert-OH is 1. The summed E-state index contributed by atoms with van der Waals surface area (Å²) in [4.78, 5) is 28.9. The van der Waals surface area contributed by atoms with Gasteiger partial charge in [-0.2, -0.15) is 0 Å². The fraction of sp³-hybridized carbons (Fsp3) is 0.471. The molecule has 3 atom stereocenters. The van der Waals surface area contributed by atoms with Crippen molar-refractivity contribution in [3.05, 3.63) is 88.5 Å². The van der Waals surface area contributed by atoms with E-state index in [1.54, 1.807) is 48.2 Å². The molecule has 2 aromatic rings. The van der Waals surface area contributed by atoms with E-state index < -0.39 is 45.0 Å². The van der Waals surface area contributed by atoms with Gasteiger partial charge in [0, 0.05) is 50.8 Å². The number of aliphatic hydroxyl groups is 1. The molecule has 46 heavy (non-hydrogen) atoms. The largest absolute Gasteiger partial charge is 0.391 e. The van der Waals surface area contributed by atoms with Crippen LogP contribution in [0.2, 0.25) is 0 Å². The van der Waals surface area contributed by atoms with Gasteiger partial charge in [-0.1, -0.05) is 43.7 Å². The van der Waals surface area contributed by atoms with Crippen molar-refractivity contribution in [2.24, 2.45) is 17.1 Å². The van der Waals surface area contributed by atoms with Crippen LogP contribution in [0.3, 0.4) is 0 Å². The number of sulfonamides is 1. The quantitative estimate of drug-likeness (QED) is 0.249. The molecule has 0 spiro atoms. The highest BCUT2D eigenvalue weighted by molar-refractivity contribution is 7.92. The van der Waals surface area contributed by atoms with Gasteiger partial charge >= 0.3 is 0 Å². The molecule has 1 aliphatic rings. The number of anilines is 1. The van der Waals surface area contributed by atoms with Gasteiger partial charge in [0.05, 0.1) is 23.5 Å². The number of primary amides is 1. The van der Waals surface area contributed by atoms with E-state index in [9.17, 15) is 31.9 Å². The summed E-state index contributed by atoms with van der Waals surface area (Å²) in [6, 6.07) is 9.93. The number of nitrogens with two attached hydrogens (primary N) is 1. The van der Waals surface area contributed by atoms with Gasteiger partial charge in [0.1, 0.15) is 11.6 Å². The Bertz CT molecular complexity index is 1550. The lowest BCUT2D eigenvalue weighted by atomic mass is 9.63. The summed E-state index contributed by atoms with van der Waals surface area (Å²) in [7, 11) is -2.02. The van der Waals surface area contributed by atoms with Crippen LogP contribution in [0, 0.1) is 23.0 Å². The van der Waals surface area contributed by atoms with Crippen LogP contribution in [0.15, 0.2) is 65.8 Å². The van der Waals surface area contributed by atoms with Crippen molar-refractivity contribution < 1.29 is 31.9 Å². The van der Waals surface area contributed by atoms with Crippen molar-refractivity contribution in [1.29, 1.82) is 0 Å². The third-order valence-electron chi connectivity index (χ3n) is 8.34. The first-order valence-corrected chi connectivity index (χ1v) is 17.3. The van der Waals surface area contributed by atoms with E-state index in [2.05, 4.69) is 5.32 Å². The zero-order valence-corrected chi connectivity index (χ0v) is 28.0. The molecule has 252 valence electrons. The summed E-state index contributed by atoms with van der Waals surface area (Å²) in [5.41, 5.74) is 6.98. The topological polar surface area (TPSA) is 133 Å². The van der Waals surface area contributed by atoms with E-state index in [-0.39, 0.29) is 37.4 Å². The monoisotopic (exact) mass is 660 g/mol. The number of benzene rings is 2. The standard InChI is InChI=1S/C34H46F2N4O5S/c1-6-11-40(12-7-2)32(42)26-13-23(3)19-34(20-26,33(37)43)30(17-25-14-27(35)18-28(36)15-25)31(41)22-38-21-24-9-8-10-29(16-24)39(4)46(5,44)45/h8-10,13-16,18-19,30-31,38,41H,6-7,11-12,17,20-22H2,1-5H3,(H2,37,43)/t30-,31+,34?/m1/s1. The predicted molar refractivity (Wildman–Crippen MR) is 176 cm³/mol. The highest BCUT2D eigenvalue weighted by Gasteiger charge is 2.48. The SMILES string of the molecule is CCCN(CCC)C(=O)C1=CC(C)=CC(C(N)=O)([C@H](Cc2cc(F)cc(F)c2)[C@@H](O)CNCc2cccc(N(C)S(C)(=O)=O)c2)C1. The minimum atomic E-state index is -3.47. The van der Waals surface area contributed by atoms with Gasteiger partial charge in [0.2, 0.25) is 21.8 Å². The molecular weight excluding hydrogens is 614 g/mol. The number of nitrogens with zero attached hydrogens (tertiary/aromatic N) is 2. The first-order chi connectivity index (χ1) is 21.6. The van der Waals surface area contributed by atoms with E-state index in [0.717, 1.165) is 47.2 Å². The molecule has 1 aliphatic carbocycles. The van der Waals surface area contributed by atoms with Crippen LogP contribution in [0.1, 0.15) is 51.2 Å². The van der Waals surface area contributed by atoms with Gasteiger partial charge in [-0.05, 0) is 68.0 Å². The van der Waals surface area contributed by atoms with E-state index in [1.165, 1.54) is 7.05 Å². The molecule has 0 fully saturated rings. The lowest BCUT2D eigenvalue weighted by molar-refractivity contribution is -0.132. The van der Waals surface area contributed by atoms with Crippen LogP contribution in [-0.4, -0.2) is 69.3 Å². The molecule has 9 nitrogen and oxygen atoms in total. The van der Waals surface area contributed by atoms with Gasteiger partial charge in [-0.3, -0.25) is 13.9 Å². The van der Waals surface area contributed by atoms with Gasteiger partial charge in [0.25, 0.3) is 0 Å². The lowest BCUT2D eigenvalue weighted by Gasteiger charge is -2.42. The van der Waals surface area contributed by atoms with Gasteiger partial charge in [-0.25, -0.2) is 17.2 Å². The van der Waals surface area contributed by atoms with E-state index >= 15 is 0 Å². The van der Waals surface area contributed by atoms with Gasteiger partial charge < -0.3 is 21.1 Å². The Hall–Kier alpha value is -3.61. The number of carbonyl (C=O) groups excluding carboxylic acids is 2. The number of rotatable bonds is 16. The Kier molecular flexibility index (Phi) is 12.7. The molecule has 12 heteroatoms. The molecule has 0 bridgehead atoms.